The van der Waals surface area contributed by atoms with Gasteiger partial charge in [0.2, 0.25) is 5.78 Å². The maximum absolute atomic E-state index is 12.9. The summed E-state index contributed by atoms with van der Waals surface area (Å²) in [6, 6.07) is 14.0. The maximum Gasteiger partial charge on any atom is 0.338 e. The van der Waals surface area contributed by atoms with Crippen LogP contribution in [-0.2, 0) is 9.47 Å². The van der Waals surface area contributed by atoms with Gasteiger partial charge in [-0.05, 0) is 51.1 Å². The van der Waals surface area contributed by atoms with E-state index in [0.717, 1.165) is 22.6 Å². The third-order valence-corrected chi connectivity index (χ3v) is 6.12. The van der Waals surface area contributed by atoms with Crippen molar-refractivity contribution in [3.63, 3.8) is 0 Å². The number of hydrogen-bond acceptors (Lipinski definition) is 7. The Morgan fingerprint density at radius 1 is 1.03 bits per heavy atom. The smallest absolute Gasteiger partial charge is 0.338 e. The molecule has 182 valence electrons. The van der Waals surface area contributed by atoms with Gasteiger partial charge in [0.25, 0.3) is 5.69 Å². The van der Waals surface area contributed by atoms with E-state index in [4.69, 9.17) is 9.47 Å². The number of anilines is 1. The van der Waals surface area contributed by atoms with Crippen LogP contribution in [0.25, 0.3) is 5.69 Å². The van der Waals surface area contributed by atoms with Crippen molar-refractivity contribution in [1.29, 1.82) is 0 Å². The minimum Gasteiger partial charge on any atom is -0.454 e. The van der Waals surface area contributed by atoms with E-state index < -0.39 is 17.5 Å². The lowest BCUT2D eigenvalue weighted by Gasteiger charge is -2.28. The predicted molar refractivity (Wildman–Crippen MR) is 131 cm³/mol. The van der Waals surface area contributed by atoms with Crippen molar-refractivity contribution in [2.24, 2.45) is 0 Å². The number of carbonyl (C=O) groups excluding carboxylic acids is 2. The molecule has 0 N–H and O–H groups in total. The van der Waals surface area contributed by atoms with Crippen molar-refractivity contribution in [1.82, 2.24) is 4.57 Å². The van der Waals surface area contributed by atoms with Crippen LogP contribution < -0.4 is 4.90 Å². The van der Waals surface area contributed by atoms with Gasteiger partial charge in [0.15, 0.2) is 6.61 Å². The molecule has 0 radical (unpaired) electrons. The van der Waals surface area contributed by atoms with Gasteiger partial charge >= 0.3 is 5.97 Å². The lowest BCUT2D eigenvalue weighted by Crippen LogP contribution is -2.36. The average Bonchev–Trinajstić information content (AvgIpc) is 3.16. The Kier molecular flexibility index (Phi) is 6.97. The largest absolute Gasteiger partial charge is 0.454 e. The number of hydrogen-bond donors (Lipinski definition) is 0. The molecule has 1 aromatic heterocycles. The van der Waals surface area contributed by atoms with E-state index in [1.807, 2.05) is 54.5 Å². The van der Waals surface area contributed by atoms with Crippen LogP contribution in [0.15, 0.2) is 48.5 Å². The molecule has 0 amide bonds. The van der Waals surface area contributed by atoms with Gasteiger partial charge < -0.3 is 18.9 Å². The van der Waals surface area contributed by atoms with Gasteiger partial charge in [0.1, 0.15) is 5.69 Å². The molecule has 1 fully saturated rings. The standard InChI is InChI=1S/C26H27N3O6/c1-17-4-7-21(8-5-17)28-18(2)14-22(19(28)3)25(30)16-35-26(31)20-6-9-23(24(15-20)29(32)33)27-10-12-34-13-11-27/h4-9,14-15H,10-13,16H2,1-3H3. The summed E-state index contributed by atoms with van der Waals surface area (Å²) < 4.78 is 12.5. The Hall–Kier alpha value is -3.98. The highest BCUT2D eigenvalue weighted by Gasteiger charge is 2.24. The van der Waals surface area contributed by atoms with Crippen LogP contribution in [0, 0.1) is 30.9 Å². The summed E-state index contributed by atoms with van der Waals surface area (Å²) in [4.78, 5) is 38.5. The summed E-state index contributed by atoms with van der Waals surface area (Å²) in [6.45, 7) is 7.31. The third-order valence-electron chi connectivity index (χ3n) is 6.12. The van der Waals surface area contributed by atoms with Crippen LogP contribution in [0.4, 0.5) is 11.4 Å². The number of ketones is 1. The molecule has 0 spiro atoms. The van der Waals surface area contributed by atoms with E-state index >= 15 is 0 Å². The van der Waals surface area contributed by atoms with Gasteiger partial charge in [-0.25, -0.2) is 4.79 Å². The molecule has 2 heterocycles. The third kappa shape index (κ3) is 5.09. The molecule has 9 heteroatoms. The molecule has 3 aromatic rings. The normalized spacial score (nSPS) is 13.5. The number of benzene rings is 2. The molecular weight excluding hydrogens is 450 g/mol. The van der Waals surface area contributed by atoms with E-state index in [0.29, 0.717) is 37.6 Å². The molecule has 2 aromatic carbocycles. The second kappa shape index (κ2) is 10.1. The van der Waals surface area contributed by atoms with Gasteiger partial charge in [0.05, 0.1) is 23.7 Å². The number of nitrogens with zero attached hydrogens (tertiary/aromatic N) is 3. The highest BCUT2D eigenvalue weighted by molar-refractivity contribution is 6.00. The Morgan fingerprint density at radius 2 is 1.71 bits per heavy atom. The van der Waals surface area contributed by atoms with Crippen molar-refractivity contribution in [3.8, 4) is 5.69 Å². The van der Waals surface area contributed by atoms with Gasteiger partial charge in [-0.1, -0.05) is 17.7 Å². The maximum atomic E-state index is 12.9. The topological polar surface area (TPSA) is 104 Å². The molecule has 9 nitrogen and oxygen atoms in total. The van der Waals surface area contributed by atoms with Crippen LogP contribution in [0.5, 0.6) is 0 Å². The van der Waals surface area contributed by atoms with E-state index in [2.05, 4.69) is 0 Å². The van der Waals surface area contributed by atoms with Gasteiger partial charge in [-0.15, -0.1) is 0 Å². The summed E-state index contributed by atoms with van der Waals surface area (Å²) in [6.07, 6.45) is 0. The molecule has 0 unspecified atom stereocenters. The second-order valence-corrected chi connectivity index (χ2v) is 8.52. The lowest BCUT2D eigenvalue weighted by molar-refractivity contribution is -0.384. The minimum absolute atomic E-state index is 0.0200. The molecule has 0 saturated carbocycles. The molecule has 4 rings (SSSR count). The quantitative estimate of drug-likeness (QED) is 0.218. The predicted octanol–water partition coefficient (Wildman–Crippen LogP) is 4.19. The fourth-order valence-corrected chi connectivity index (χ4v) is 4.30. The van der Waals surface area contributed by atoms with E-state index in [-0.39, 0.29) is 17.0 Å². The van der Waals surface area contributed by atoms with Crippen molar-refractivity contribution in [2.45, 2.75) is 20.8 Å². The monoisotopic (exact) mass is 477 g/mol. The van der Waals surface area contributed by atoms with Crippen LogP contribution in [-0.4, -0.2) is 54.2 Å². The molecule has 0 aliphatic carbocycles. The summed E-state index contributed by atoms with van der Waals surface area (Å²) in [5.74, 6) is -1.13. The van der Waals surface area contributed by atoms with Gasteiger partial charge in [-0.2, -0.15) is 0 Å². The zero-order valence-electron chi connectivity index (χ0n) is 19.9. The molecule has 1 aliphatic heterocycles. The Balaban J connectivity index is 1.48. The van der Waals surface area contributed by atoms with Crippen molar-refractivity contribution in [3.05, 3.63) is 86.7 Å². The van der Waals surface area contributed by atoms with Crippen molar-refractivity contribution < 1.29 is 24.0 Å². The van der Waals surface area contributed by atoms with Crippen molar-refractivity contribution in [2.75, 3.05) is 37.8 Å². The van der Waals surface area contributed by atoms with Crippen LogP contribution in [0.1, 0.15) is 37.7 Å². The van der Waals surface area contributed by atoms with Gasteiger partial charge in [-0.3, -0.25) is 14.9 Å². The first-order valence-corrected chi connectivity index (χ1v) is 11.3. The number of nitro benzene ring substituents is 1. The Bertz CT molecular complexity index is 1270. The number of carbonyl (C=O) groups is 2. The van der Waals surface area contributed by atoms with Crippen LogP contribution in [0.2, 0.25) is 0 Å². The lowest BCUT2D eigenvalue weighted by atomic mass is 10.1. The first kappa shape index (κ1) is 24.2. The SMILES string of the molecule is Cc1ccc(-n2c(C)cc(C(=O)COC(=O)c3ccc(N4CCOCC4)c([N+](=O)[O-])c3)c2C)cc1. The number of morpholine rings is 1. The molecular formula is C26H27N3O6. The molecule has 0 atom stereocenters. The number of nitro groups is 1. The first-order valence-electron chi connectivity index (χ1n) is 11.3. The van der Waals surface area contributed by atoms with Gasteiger partial charge in [0, 0.05) is 41.8 Å². The van der Waals surface area contributed by atoms with Crippen LogP contribution >= 0.6 is 0 Å². The number of aryl methyl sites for hydroxylation is 2. The number of ether oxygens (including phenoxy) is 2. The Labute approximate surface area is 203 Å². The molecule has 1 aliphatic rings. The van der Waals surface area contributed by atoms with E-state index in [9.17, 15) is 19.7 Å². The minimum atomic E-state index is -0.790. The number of Topliss-reactive ketones (excluding diaryl/α,β-unsaturated/α-hetero) is 1. The van der Waals surface area contributed by atoms with E-state index in [1.165, 1.54) is 18.2 Å². The number of aromatic nitrogens is 1. The highest BCUT2D eigenvalue weighted by Crippen LogP contribution is 2.30. The van der Waals surface area contributed by atoms with Crippen molar-refractivity contribution >= 4 is 23.1 Å². The average molecular weight is 478 g/mol. The first-order chi connectivity index (χ1) is 16.8. The van der Waals surface area contributed by atoms with E-state index in [1.54, 1.807) is 6.07 Å². The fraction of sp³-hybridized carbons (Fsp3) is 0.308. The zero-order valence-corrected chi connectivity index (χ0v) is 19.9. The summed E-state index contributed by atoms with van der Waals surface area (Å²) in [7, 11) is 0. The Morgan fingerprint density at radius 3 is 2.37 bits per heavy atom. The highest BCUT2D eigenvalue weighted by atomic mass is 16.6. The number of rotatable bonds is 7. The summed E-state index contributed by atoms with van der Waals surface area (Å²) >= 11 is 0. The summed E-state index contributed by atoms with van der Waals surface area (Å²) in [5, 5.41) is 11.6. The molecule has 0 bridgehead atoms. The fourth-order valence-electron chi connectivity index (χ4n) is 4.30. The number of esters is 1. The van der Waals surface area contributed by atoms with Crippen LogP contribution in [0.3, 0.4) is 0 Å². The summed E-state index contributed by atoms with van der Waals surface area (Å²) in [5.41, 5.74) is 4.43. The molecule has 35 heavy (non-hydrogen) atoms. The second-order valence-electron chi connectivity index (χ2n) is 8.52. The zero-order chi connectivity index (χ0) is 25.1. The molecule has 1 saturated heterocycles.